The maximum Gasteiger partial charge on any atom is 0.303 e. The summed E-state index contributed by atoms with van der Waals surface area (Å²) in [6, 6.07) is 2.46. The van der Waals surface area contributed by atoms with Crippen LogP contribution in [0.25, 0.3) is 0 Å². The van der Waals surface area contributed by atoms with Crippen molar-refractivity contribution in [3.8, 4) is 5.75 Å². The van der Waals surface area contributed by atoms with Crippen LogP contribution in [-0.2, 0) is 0 Å². The standard InChI is InChI=1S/C13H18N4O5/c1-3-14-4-6-15(7-5-14)13-11(16(18)19)8-10(22-2)9-12(13)17(20)21/h8-9H,3-7H2,1-2H3. The van der Waals surface area contributed by atoms with Crippen molar-refractivity contribution in [2.24, 2.45) is 0 Å². The van der Waals surface area contributed by atoms with Crippen molar-refractivity contribution < 1.29 is 14.6 Å². The van der Waals surface area contributed by atoms with Gasteiger partial charge in [-0.05, 0) is 6.54 Å². The van der Waals surface area contributed by atoms with E-state index in [2.05, 4.69) is 4.90 Å². The summed E-state index contributed by atoms with van der Waals surface area (Å²) in [5.41, 5.74) is -0.529. The fourth-order valence-electron chi connectivity index (χ4n) is 2.59. The Kier molecular flexibility index (Phi) is 4.76. The molecular weight excluding hydrogens is 292 g/mol. The second-order valence-corrected chi connectivity index (χ2v) is 4.95. The van der Waals surface area contributed by atoms with Gasteiger partial charge in [0.2, 0.25) is 0 Å². The Morgan fingerprint density at radius 1 is 1.09 bits per heavy atom. The zero-order valence-electron chi connectivity index (χ0n) is 12.5. The molecule has 1 fully saturated rings. The van der Waals surface area contributed by atoms with Gasteiger partial charge in [0.05, 0.1) is 29.1 Å². The number of ether oxygens (including phenoxy) is 1. The van der Waals surface area contributed by atoms with E-state index in [1.54, 1.807) is 4.90 Å². The zero-order chi connectivity index (χ0) is 16.3. The van der Waals surface area contributed by atoms with Gasteiger partial charge in [0.1, 0.15) is 5.75 Å². The van der Waals surface area contributed by atoms with E-state index in [9.17, 15) is 20.2 Å². The quantitative estimate of drug-likeness (QED) is 0.602. The molecule has 0 unspecified atom stereocenters. The minimum absolute atomic E-state index is 0.0616. The van der Waals surface area contributed by atoms with Crippen LogP contribution >= 0.6 is 0 Å². The third-order valence-electron chi connectivity index (χ3n) is 3.81. The molecule has 1 aliphatic rings. The highest BCUT2D eigenvalue weighted by Crippen LogP contribution is 2.41. The number of rotatable bonds is 5. The third-order valence-corrected chi connectivity index (χ3v) is 3.81. The van der Waals surface area contributed by atoms with Crippen LogP contribution in [0.3, 0.4) is 0 Å². The van der Waals surface area contributed by atoms with Crippen molar-refractivity contribution in [3.05, 3.63) is 32.4 Å². The maximum atomic E-state index is 11.3. The van der Waals surface area contributed by atoms with Gasteiger partial charge >= 0.3 is 11.4 Å². The molecule has 0 amide bonds. The van der Waals surface area contributed by atoms with Crippen LogP contribution < -0.4 is 9.64 Å². The van der Waals surface area contributed by atoms with E-state index < -0.39 is 9.85 Å². The summed E-state index contributed by atoms with van der Waals surface area (Å²) in [6.07, 6.45) is 0. The number of methoxy groups -OCH3 is 1. The summed E-state index contributed by atoms with van der Waals surface area (Å²) in [4.78, 5) is 25.3. The predicted molar refractivity (Wildman–Crippen MR) is 80.6 cm³/mol. The Morgan fingerprint density at radius 3 is 1.95 bits per heavy atom. The Bertz CT molecular complexity index is 549. The molecule has 0 spiro atoms. The average molecular weight is 310 g/mol. The van der Waals surface area contributed by atoms with Crippen LogP contribution in [0.5, 0.6) is 5.75 Å². The van der Waals surface area contributed by atoms with Crippen LogP contribution in [0, 0.1) is 20.2 Å². The number of piperazine rings is 1. The molecule has 9 nitrogen and oxygen atoms in total. The highest BCUT2D eigenvalue weighted by molar-refractivity contribution is 5.77. The van der Waals surface area contributed by atoms with Gasteiger partial charge in [0, 0.05) is 26.2 Å². The lowest BCUT2D eigenvalue weighted by Crippen LogP contribution is -2.46. The van der Waals surface area contributed by atoms with E-state index in [-0.39, 0.29) is 22.8 Å². The van der Waals surface area contributed by atoms with E-state index in [4.69, 9.17) is 4.74 Å². The molecule has 1 saturated heterocycles. The maximum absolute atomic E-state index is 11.3. The first-order chi connectivity index (χ1) is 10.5. The Hall–Kier alpha value is -2.42. The summed E-state index contributed by atoms with van der Waals surface area (Å²) in [6.45, 7) is 5.39. The molecule has 0 bridgehead atoms. The molecule has 1 aromatic carbocycles. The molecule has 1 heterocycles. The summed E-state index contributed by atoms with van der Waals surface area (Å²) < 4.78 is 4.94. The number of anilines is 1. The lowest BCUT2D eigenvalue weighted by atomic mass is 10.1. The minimum atomic E-state index is -0.600. The van der Waals surface area contributed by atoms with Gasteiger partial charge in [0.15, 0.2) is 5.69 Å². The molecule has 0 aromatic heterocycles. The molecule has 2 rings (SSSR count). The Balaban J connectivity index is 2.48. The molecule has 0 saturated carbocycles. The molecule has 0 atom stereocenters. The summed E-state index contributed by atoms with van der Waals surface area (Å²) >= 11 is 0. The van der Waals surface area contributed by atoms with E-state index >= 15 is 0 Å². The lowest BCUT2D eigenvalue weighted by Gasteiger charge is -2.34. The fraction of sp³-hybridized carbons (Fsp3) is 0.538. The third kappa shape index (κ3) is 3.08. The lowest BCUT2D eigenvalue weighted by molar-refractivity contribution is -0.392. The van der Waals surface area contributed by atoms with E-state index in [1.165, 1.54) is 19.2 Å². The van der Waals surface area contributed by atoms with Crippen LogP contribution in [0.1, 0.15) is 6.92 Å². The van der Waals surface area contributed by atoms with Crippen molar-refractivity contribution >= 4 is 17.1 Å². The topological polar surface area (TPSA) is 102 Å². The molecule has 22 heavy (non-hydrogen) atoms. The Morgan fingerprint density at radius 2 is 1.59 bits per heavy atom. The second-order valence-electron chi connectivity index (χ2n) is 4.95. The van der Waals surface area contributed by atoms with Crippen molar-refractivity contribution in [2.75, 3.05) is 44.7 Å². The second kappa shape index (κ2) is 6.56. The first kappa shape index (κ1) is 16.0. The van der Waals surface area contributed by atoms with Crippen molar-refractivity contribution in [1.29, 1.82) is 0 Å². The predicted octanol–water partition coefficient (Wildman–Crippen LogP) is 1.65. The molecule has 0 radical (unpaired) electrons. The summed E-state index contributed by atoms with van der Waals surface area (Å²) in [7, 11) is 1.32. The number of nitro benzene ring substituents is 2. The summed E-state index contributed by atoms with van der Waals surface area (Å²) in [5, 5.41) is 22.6. The van der Waals surface area contributed by atoms with Gasteiger partial charge in [-0.25, -0.2) is 0 Å². The molecule has 120 valence electrons. The van der Waals surface area contributed by atoms with Gasteiger partial charge in [-0.15, -0.1) is 0 Å². The monoisotopic (exact) mass is 310 g/mol. The van der Waals surface area contributed by atoms with Crippen molar-refractivity contribution in [2.45, 2.75) is 6.92 Å². The van der Waals surface area contributed by atoms with Gasteiger partial charge < -0.3 is 14.5 Å². The number of benzene rings is 1. The summed E-state index contributed by atoms with van der Waals surface area (Å²) in [5.74, 6) is 0.106. The number of likely N-dealkylation sites (N-methyl/N-ethyl adjacent to an activating group) is 1. The molecular formula is C13H18N4O5. The fourth-order valence-corrected chi connectivity index (χ4v) is 2.59. The molecule has 1 aliphatic heterocycles. The van der Waals surface area contributed by atoms with Crippen molar-refractivity contribution in [3.63, 3.8) is 0 Å². The van der Waals surface area contributed by atoms with Gasteiger partial charge in [-0.1, -0.05) is 6.92 Å². The average Bonchev–Trinajstić information content (AvgIpc) is 2.53. The highest BCUT2D eigenvalue weighted by Gasteiger charge is 2.32. The smallest absolute Gasteiger partial charge is 0.303 e. The van der Waals surface area contributed by atoms with E-state index in [0.717, 1.165) is 19.6 Å². The Labute approximate surface area is 127 Å². The van der Waals surface area contributed by atoms with Gasteiger partial charge in [-0.3, -0.25) is 20.2 Å². The molecule has 9 heteroatoms. The van der Waals surface area contributed by atoms with Crippen LogP contribution in [0.4, 0.5) is 17.1 Å². The zero-order valence-corrected chi connectivity index (χ0v) is 12.5. The first-order valence-electron chi connectivity index (χ1n) is 6.96. The van der Waals surface area contributed by atoms with E-state index in [1.807, 2.05) is 6.92 Å². The SMILES string of the molecule is CCN1CCN(c2c([N+](=O)[O-])cc(OC)cc2[N+](=O)[O-])CC1. The molecule has 0 aliphatic carbocycles. The number of hydrogen-bond acceptors (Lipinski definition) is 7. The molecule has 1 aromatic rings. The normalized spacial score (nSPS) is 15.6. The number of hydrogen-bond donors (Lipinski definition) is 0. The van der Waals surface area contributed by atoms with Crippen LogP contribution in [0.15, 0.2) is 12.1 Å². The van der Waals surface area contributed by atoms with Gasteiger partial charge in [0.25, 0.3) is 0 Å². The first-order valence-corrected chi connectivity index (χ1v) is 6.96. The van der Waals surface area contributed by atoms with Crippen molar-refractivity contribution in [1.82, 2.24) is 4.90 Å². The molecule has 0 N–H and O–H groups in total. The number of nitrogens with zero attached hydrogens (tertiary/aromatic N) is 4. The van der Waals surface area contributed by atoms with E-state index in [0.29, 0.717) is 13.1 Å². The van der Waals surface area contributed by atoms with Crippen LogP contribution in [0.2, 0.25) is 0 Å². The largest absolute Gasteiger partial charge is 0.496 e. The van der Waals surface area contributed by atoms with Crippen LogP contribution in [-0.4, -0.2) is 54.6 Å². The number of nitro groups is 2. The highest BCUT2D eigenvalue weighted by atomic mass is 16.6. The van der Waals surface area contributed by atoms with Gasteiger partial charge in [-0.2, -0.15) is 0 Å². The minimum Gasteiger partial charge on any atom is -0.496 e.